The molecule has 1 fully saturated rings. The summed E-state index contributed by atoms with van der Waals surface area (Å²) in [7, 11) is 3.18. The molecule has 0 spiro atoms. The van der Waals surface area contributed by atoms with Gasteiger partial charge in [0, 0.05) is 50.8 Å². The highest BCUT2D eigenvalue weighted by Crippen LogP contribution is 2.43. The summed E-state index contributed by atoms with van der Waals surface area (Å²) in [4.78, 5) is 28.7. The van der Waals surface area contributed by atoms with Gasteiger partial charge in [0.05, 0.1) is 20.3 Å². The van der Waals surface area contributed by atoms with Crippen LogP contribution in [0.2, 0.25) is 0 Å². The van der Waals surface area contributed by atoms with Crippen LogP contribution in [0.5, 0.6) is 11.5 Å². The monoisotopic (exact) mass is 570 g/mol. The van der Waals surface area contributed by atoms with Gasteiger partial charge in [0.25, 0.3) is 0 Å². The standard InChI is InChI=1S/C34H38N2O6/c1-40-29-21-26-13-14-27(34(28(26)22-30(29)41-2)42-32(39)16-15-31(37)38)23-35-17-19-36(20-18-35)33(24-9-5-3-6-10-24)25-11-7-4-8-12-25/h3-12,15-16,21-22,27,33-34H,13-14,17-20,23H2,1-2H3,(H,37,38)/b16-15+. The Bertz CT molecular complexity index is 1350. The second-order valence-corrected chi connectivity index (χ2v) is 10.8. The molecule has 0 radical (unpaired) electrons. The lowest BCUT2D eigenvalue weighted by molar-refractivity contribution is -0.148. The van der Waals surface area contributed by atoms with E-state index in [4.69, 9.17) is 19.3 Å². The minimum atomic E-state index is -1.19. The average Bonchev–Trinajstić information content (AvgIpc) is 3.02. The summed E-state index contributed by atoms with van der Waals surface area (Å²) in [5.74, 6) is -0.619. The van der Waals surface area contributed by atoms with Crippen LogP contribution in [0.4, 0.5) is 0 Å². The number of nitrogens with zero attached hydrogens (tertiary/aromatic N) is 2. The molecule has 2 atom stereocenters. The first-order chi connectivity index (χ1) is 20.5. The van der Waals surface area contributed by atoms with Gasteiger partial charge >= 0.3 is 11.9 Å². The summed E-state index contributed by atoms with van der Waals surface area (Å²) in [6, 6.07) is 25.3. The first-order valence-electron chi connectivity index (χ1n) is 14.4. The van der Waals surface area contributed by atoms with Crippen molar-refractivity contribution in [2.24, 2.45) is 5.92 Å². The molecule has 0 aromatic heterocycles. The Morgan fingerprint density at radius 1 is 0.881 bits per heavy atom. The predicted molar refractivity (Wildman–Crippen MR) is 160 cm³/mol. The molecule has 42 heavy (non-hydrogen) atoms. The van der Waals surface area contributed by atoms with Gasteiger partial charge in [-0.05, 0) is 47.2 Å². The van der Waals surface area contributed by atoms with Crippen molar-refractivity contribution in [3.8, 4) is 11.5 Å². The normalized spacial score (nSPS) is 19.4. The molecule has 1 N–H and O–H groups in total. The third-order valence-electron chi connectivity index (χ3n) is 8.27. The summed E-state index contributed by atoms with van der Waals surface area (Å²) in [6.45, 7) is 4.38. The number of carbonyl (C=O) groups is 2. The summed E-state index contributed by atoms with van der Waals surface area (Å²) < 4.78 is 17.0. The molecule has 1 saturated heterocycles. The van der Waals surface area contributed by atoms with E-state index in [2.05, 4.69) is 70.5 Å². The smallest absolute Gasteiger partial charge is 0.331 e. The number of aryl methyl sites for hydroxylation is 1. The van der Waals surface area contributed by atoms with Crippen molar-refractivity contribution in [2.75, 3.05) is 46.9 Å². The van der Waals surface area contributed by atoms with E-state index in [0.717, 1.165) is 68.8 Å². The summed E-state index contributed by atoms with van der Waals surface area (Å²) >= 11 is 0. The molecule has 3 aromatic carbocycles. The second kappa shape index (κ2) is 13.7. The third kappa shape index (κ3) is 6.83. The number of piperazine rings is 1. The molecule has 2 unspecified atom stereocenters. The lowest BCUT2D eigenvalue weighted by Crippen LogP contribution is -2.49. The summed E-state index contributed by atoms with van der Waals surface area (Å²) in [6.07, 6.45) is 2.91. The van der Waals surface area contributed by atoms with E-state index in [1.807, 2.05) is 12.1 Å². The number of ether oxygens (including phenoxy) is 3. The third-order valence-corrected chi connectivity index (χ3v) is 8.27. The van der Waals surface area contributed by atoms with Gasteiger partial charge in [0.2, 0.25) is 0 Å². The zero-order valence-corrected chi connectivity index (χ0v) is 24.1. The lowest BCUT2D eigenvalue weighted by Gasteiger charge is -2.42. The van der Waals surface area contributed by atoms with Gasteiger partial charge in [-0.15, -0.1) is 0 Å². The van der Waals surface area contributed by atoms with E-state index in [-0.39, 0.29) is 12.0 Å². The number of benzene rings is 3. The fraction of sp³-hybridized carbons (Fsp3) is 0.353. The molecule has 1 aliphatic carbocycles. The number of carboxylic acids is 1. The maximum Gasteiger partial charge on any atom is 0.331 e. The molecule has 220 valence electrons. The van der Waals surface area contributed by atoms with Crippen molar-refractivity contribution in [1.82, 2.24) is 9.80 Å². The minimum Gasteiger partial charge on any atom is -0.493 e. The van der Waals surface area contributed by atoms with Crippen molar-refractivity contribution < 1.29 is 28.9 Å². The van der Waals surface area contributed by atoms with Gasteiger partial charge in [-0.2, -0.15) is 0 Å². The molecule has 0 bridgehead atoms. The molecule has 0 saturated carbocycles. The Labute approximate surface area is 247 Å². The van der Waals surface area contributed by atoms with E-state index in [1.165, 1.54) is 11.1 Å². The Morgan fingerprint density at radius 3 is 2.05 bits per heavy atom. The maximum absolute atomic E-state index is 12.7. The number of esters is 1. The van der Waals surface area contributed by atoms with E-state index in [0.29, 0.717) is 11.5 Å². The zero-order valence-electron chi connectivity index (χ0n) is 24.1. The van der Waals surface area contributed by atoms with Crippen molar-refractivity contribution in [3.63, 3.8) is 0 Å². The minimum absolute atomic E-state index is 0.0448. The SMILES string of the molecule is COc1cc2c(cc1OC)C(OC(=O)/C=C/C(=O)O)C(CN1CCN(C(c3ccccc3)c3ccccc3)CC1)CC2. The molecule has 8 nitrogen and oxygen atoms in total. The maximum atomic E-state index is 12.7. The van der Waals surface area contributed by atoms with E-state index >= 15 is 0 Å². The molecule has 1 heterocycles. The number of aliphatic carboxylic acids is 1. The molecule has 3 aromatic rings. The quantitative estimate of drug-likeness (QED) is 0.272. The van der Waals surface area contributed by atoms with Crippen LogP contribution in [0.3, 0.4) is 0 Å². The van der Waals surface area contributed by atoms with Crippen LogP contribution in [0, 0.1) is 5.92 Å². The highest BCUT2D eigenvalue weighted by atomic mass is 16.5. The largest absolute Gasteiger partial charge is 0.493 e. The number of carbonyl (C=O) groups excluding carboxylic acids is 1. The van der Waals surface area contributed by atoms with Crippen LogP contribution in [0.15, 0.2) is 84.9 Å². The fourth-order valence-electron chi connectivity index (χ4n) is 6.24. The fourth-order valence-corrected chi connectivity index (χ4v) is 6.24. The van der Waals surface area contributed by atoms with Gasteiger partial charge in [0.15, 0.2) is 11.5 Å². The van der Waals surface area contributed by atoms with E-state index in [1.54, 1.807) is 14.2 Å². The number of rotatable bonds is 10. The highest BCUT2D eigenvalue weighted by Gasteiger charge is 2.36. The molecule has 8 heteroatoms. The first kappa shape index (κ1) is 29.4. The highest BCUT2D eigenvalue weighted by molar-refractivity contribution is 5.90. The van der Waals surface area contributed by atoms with Crippen molar-refractivity contribution >= 4 is 11.9 Å². The van der Waals surface area contributed by atoms with E-state index in [9.17, 15) is 9.59 Å². The van der Waals surface area contributed by atoms with Gasteiger partial charge in [-0.1, -0.05) is 60.7 Å². The van der Waals surface area contributed by atoms with Crippen molar-refractivity contribution in [2.45, 2.75) is 25.0 Å². The number of fused-ring (bicyclic) bond motifs is 1. The average molecular weight is 571 g/mol. The molecule has 1 aliphatic heterocycles. The summed E-state index contributed by atoms with van der Waals surface area (Å²) in [5, 5.41) is 8.99. The van der Waals surface area contributed by atoms with Gasteiger partial charge in [0.1, 0.15) is 6.10 Å². The zero-order chi connectivity index (χ0) is 29.5. The van der Waals surface area contributed by atoms with Crippen LogP contribution < -0.4 is 9.47 Å². The predicted octanol–water partition coefficient (Wildman–Crippen LogP) is 4.90. The Balaban J connectivity index is 1.33. The number of carboxylic acid groups (broad SMARTS) is 1. The van der Waals surface area contributed by atoms with Crippen LogP contribution >= 0.6 is 0 Å². The first-order valence-corrected chi connectivity index (χ1v) is 14.4. The van der Waals surface area contributed by atoms with Crippen LogP contribution in [-0.2, 0) is 20.7 Å². The number of methoxy groups -OCH3 is 2. The van der Waals surface area contributed by atoms with Crippen molar-refractivity contribution in [1.29, 1.82) is 0 Å². The van der Waals surface area contributed by atoms with Crippen molar-refractivity contribution in [3.05, 3.63) is 107 Å². The Morgan fingerprint density at radius 2 is 1.48 bits per heavy atom. The Hall–Kier alpha value is -4.14. The number of hydrogen-bond acceptors (Lipinski definition) is 7. The topological polar surface area (TPSA) is 88.5 Å². The van der Waals surface area contributed by atoms with Gasteiger partial charge in [-0.25, -0.2) is 9.59 Å². The van der Waals surface area contributed by atoms with Gasteiger partial charge in [-0.3, -0.25) is 4.90 Å². The summed E-state index contributed by atoms with van der Waals surface area (Å²) in [5.41, 5.74) is 4.49. The molecule has 0 amide bonds. The van der Waals surface area contributed by atoms with E-state index < -0.39 is 18.0 Å². The second-order valence-electron chi connectivity index (χ2n) is 10.8. The molecular formula is C34H38N2O6. The number of hydrogen-bond donors (Lipinski definition) is 1. The van der Waals surface area contributed by atoms with Crippen LogP contribution in [0.25, 0.3) is 0 Å². The molecular weight excluding hydrogens is 532 g/mol. The van der Waals surface area contributed by atoms with Crippen LogP contribution in [0.1, 0.15) is 40.8 Å². The molecule has 5 rings (SSSR count). The lowest BCUT2D eigenvalue weighted by atomic mass is 9.80. The van der Waals surface area contributed by atoms with Gasteiger partial charge < -0.3 is 24.2 Å². The Kier molecular flexibility index (Phi) is 9.56. The molecule has 2 aliphatic rings. The van der Waals surface area contributed by atoms with Crippen LogP contribution in [-0.4, -0.2) is 73.8 Å².